The predicted molar refractivity (Wildman–Crippen MR) is 136 cm³/mol. The third-order valence-electron chi connectivity index (χ3n) is 8.01. The van der Waals surface area contributed by atoms with Crippen molar-refractivity contribution in [3.05, 3.63) is 53.5 Å². The molecule has 2 saturated heterocycles. The molecule has 0 unspecified atom stereocenters. The molecule has 0 saturated carbocycles. The molecular weight excluding hydrogens is 422 g/mol. The highest BCUT2D eigenvalue weighted by atomic mass is 16.5. The Kier molecular flexibility index (Phi) is 5.66. The fourth-order valence-electron chi connectivity index (χ4n) is 6.20. The maximum absolute atomic E-state index is 5.57. The van der Waals surface area contributed by atoms with Crippen LogP contribution in [0.5, 0.6) is 0 Å². The lowest BCUT2D eigenvalue weighted by molar-refractivity contribution is 0.0252. The zero-order chi connectivity index (χ0) is 23.2. The second kappa shape index (κ2) is 8.82. The number of nitrogens with zero attached hydrogens (tertiary/aromatic N) is 4. The van der Waals surface area contributed by atoms with Gasteiger partial charge in [-0.1, -0.05) is 19.9 Å². The molecule has 6 heteroatoms. The number of rotatable bonds is 4. The summed E-state index contributed by atoms with van der Waals surface area (Å²) < 4.78 is 7.60. The van der Waals surface area contributed by atoms with E-state index in [4.69, 9.17) is 4.74 Å². The first-order valence-electron chi connectivity index (χ1n) is 12.9. The lowest BCUT2D eigenvalue weighted by Crippen LogP contribution is -2.43. The largest absolute Gasteiger partial charge is 0.381 e. The lowest BCUT2D eigenvalue weighted by atomic mass is 9.86. The molecule has 0 bridgehead atoms. The molecule has 5 heterocycles. The zero-order valence-corrected chi connectivity index (χ0v) is 20.6. The number of aromatic nitrogens is 4. The van der Waals surface area contributed by atoms with Crippen LogP contribution in [0.2, 0.25) is 0 Å². The van der Waals surface area contributed by atoms with Crippen molar-refractivity contribution in [1.82, 2.24) is 24.5 Å². The van der Waals surface area contributed by atoms with E-state index in [9.17, 15) is 0 Å². The van der Waals surface area contributed by atoms with E-state index in [2.05, 4.69) is 71.3 Å². The Hall–Kier alpha value is -2.70. The van der Waals surface area contributed by atoms with Gasteiger partial charge in [0.1, 0.15) is 6.33 Å². The van der Waals surface area contributed by atoms with E-state index < -0.39 is 0 Å². The van der Waals surface area contributed by atoms with Gasteiger partial charge in [0.05, 0.1) is 5.69 Å². The topological polar surface area (TPSA) is 58.5 Å². The van der Waals surface area contributed by atoms with E-state index in [-0.39, 0.29) is 0 Å². The summed E-state index contributed by atoms with van der Waals surface area (Å²) in [5, 5.41) is 9.70. The first-order chi connectivity index (χ1) is 16.6. The third kappa shape index (κ3) is 3.83. The Morgan fingerprint density at radius 3 is 2.62 bits per heavy atom. The number of ether oxygens (including phenoxy) is 1. The average molecular weight is 458 g/mol. The maximum atomic E-state index is 5.57. The van der Waals surface area contributed by atoms with Gasteiger partial charge in [0.2, 0.25) is 0 Å². The minimum atomic E-state index is 0.422. The number of pyridine rings is 1. The van der Waals surface area contributed by atoms with Crippen LogP contribution in [0.1, 0.15) is 68.1 Å². The number of piperidine rings is 1. The highest BCUT2D eigenvalue weighted by Crippen LogP contribution is 2.39. The summed E-state index contributed by atoms with van der Waals surface area (Å²) in [7, 11) is 0. The van der Waals surface area contributed by atoms with Crippen LogP contribution in [0.3, 0.4) is 0 Å². The minimum absolute atomic E-state index is 0.422. The Morgan fingerprint density at radius 1 is 1.06 bits per heavy atom. The molecule has 1 aromatic carbocycles. The number of hydrogen-bond donors (Lipinski definition) is 1. The fourth-order valence-corrected chi connectivity index (χ4v) is 6.20. The highest BCUT2D eigenvalue weighted by molar-refractivity contribution is 5.92. The molecule has 0 spiro atoms. The van der Waals surface area contributed by atoms with Gasteiger partial charge in [0.25, 0.3) is 0 Å². The standard InChI is InChI=1S/C28H35N5O/c1-18(2)26-24-15-21(20-6-10-32(11-7-20)23-8-12-34-13-9-23)4-5-25(24)30-27(26)22-14-19(3)28-31-29-17-33(28)16-22/h4-5,14-18,20,23,30H,6-13H2,1-3H3. The smallest absolute Gasteiger partial charge is 0.163 e. The Balaban J connectivity index is 1.32. The summed E-state index contributed by atoms with van der Waals surface area (Å²) in [6.45, 7) is 11.0. The number of hydrogen-bond acceptors (Lipinski definition) is 4. The fraction of sp³-hybridized carbons (Fsp3) is 0.500. The molecule has 0 aliphatic carbocycles. The number of fused-ring (bicyclic) bond motifs is 2. The molecule has 4 aromatic rings. The van der Waals surface area contributed by atoms with E-state index in [0.29, 0.717) is 11.8 Å². The monoisotopic (exact) mass is 457 g/mol. The second-order valence-corrected chi connectivity index (χ2v) is 10.5. The van der Waals surface area contributed by atoms with E-state index in [1.807, 2.05) is 4.40 Å². The van der Waals surface area contributed by atoms with Gasteiger partial charge < -0.3 is 14.6 Å². The van der Waals surface area contributed by atoms with Crippen molar-refractivity contribution in [2.24, 2.45) is 0 Å². The minimum Gasteiger partial charge on any atom is -0.381 e. The molecule has 1 N–H and O–H groups in total. The Morgan fingerprint density at radius 2 is 1.85 bits per heavy atom. The number of aromatic amines is 1. The van der Waals surface area contributed by atoms with E-state index in [1.165, 1.54) is 72.1 Å². The van der Waals surface area contributed by atoms with Gasteiger partial charge >= 0.3 is 0 Å². The molecule has 34 heavy (non-hydrogen) atoms. The van der Waals surface area contributed by atoms with Gasteiger partial charge in [0.15, 0.2) is 5.65 Å². The van der Waals surface area contributed by atoms with Crippen molar-refractivity contribution in [3.8, 4) is 11.3 Å². The number of H-pyrrole nitrogens is 1. The van der Waals surface area contributed by atoms with Crippen molar-refractivity contribution >= 4 is 16.6 Å². The second-order valence-electron chi connectivity index (χ2n) is 10.5. The van der Waals surface area contributed by atoms with Crippen molar-refractivity contribution in [1.29, 1.82) is 0 Å². The van der Waals surface area contributed by atoms with Crippen LogP contribution in [0.4, 0.5) is 0 Å². The van der Waals surface area contributed by atoms with Gasteiger partial charge in [-0.25, -0.2) is 0 Å². The molecule has 2 aliphatic rings. The summed E-state index contributed by atoms with van der Waals surface area (Å²) in [6.07, 6.45) is 8.82. The molecule has 2 fully saturated rings. The van der Waals surface area contributed by atoms with E-state index >= 15 is 0 Å². The first kappa shape index (κ1) is 21.8. The molecular formula is C28H35N5O. The molecule has 178 valence electrons. The van der Waals surface area contributed by atoms with E-state index in [1.54, 1.807) is 6.33 Å². The zero-order valence-electron chi connectivity index (χ0n) is 20.6. The Labute approximate surface area is 201 Å². The van der Waals surface area contributed by atoms with Crippen molar-refractivity contribution in [2.45, 2.75) is 64.3 Å². The van der Waals surface area contributed by atoms with Gasteiger partial charge in [-0.05, 0) is 92.4 Å². The Bertz CT molecular complexity index is 1310. The van der Waals surface area contributed by atoms with Crippen LogP contribution >= 0.6 is 0 Å². The summed E-state index contributed by atoms with van der Waals surface area (Å²) in [6, 6.07) is 10.1. The van der Waals surface area contributed by atoms with Crippen LogP contribution in [0.25, 0.3) is 27.8 Å². The summed E-state index contributed by atoms with van der Waals surface area (Å²) >= 11 is 0. The summed E-state index contributed by atoms with van der Waals surface area (Å²) in [5.41, 5.74) is 8.59. The molecule has 0 amide bonds. The molecule has 3 aromatic heterocycles. The van der Waals surface area contributed by atoms with Gasteiger partial charge in [-0.2, -0.15) is 0 Å². The van der Waals surface area contributed by atoms with Crippen LogP contribution < -0.4 is 0 Å². The normalized spacial score (nSPS) is 19.1. The number of likely N-dealkylation sites (tertiary alicyclic amines) is 1. The number of aryl methyl sites for hydroxylation is 1. The van der Waals surface area contributed by atoms with Crippen molar-refractivity contribution < 1.29 is 4.74 Å². The van der Waals surface area contributed by atoms with E-state index in [0.717, 1.165) is 30.5 Å². The number of benzene rings is 1. The average Bonchev–Trinajstić information content (AvgIpc) is 3.49. The maximum Gasteiger partial charge on any atom is 0.163 e. The molecule has 2 aliphatic heterocycles. The first-order valence-corrected chi connectivity index (χ1v) is 12.9. The van der Waals surface area contributed by atoms with Gasteiger partial charge in [0, 0.05) is 41.9 Å². The summed E-state index contributed by atoms with van der Waals surface area (Å²) in [4.78, 5) is 6.47. The summed E-state index contributed by atoms with van der Waals surface area (Å²) in [5.74, 6) is 1.07. The van der Waals surface area contributed by atoms with Crippen LogP contribution in [-0.4, -0.2) is 56.8 Å². The predicted octanol–water partition coefficient (Wildman–Crippen LogP) is 5.67. The molecule has 0 radical (unpaired) electrons. The molecule has 0 atom stereocenters. The van der Waals surface area contributed by atoms with Crippen LogP contribution in [0, 0.1) is 6.92 Å². The molecule has 6 rings (SSSR count). The van der Waals surface area contributed by atoms with Crippen LogP contribution in [0.15, 0.2) is 36.8 Å². The molecule has 6 nitrogen and oxygen atoms in total. The van der Waals surface area contributed by atoms with Crippen molar-refractivity contribution in [3.63, 3.8) is 0 Å². The van der Waals surface area contributed by atoms with Crippen molar-refractivity contribution in [2.75, 3.05) is 26.3 Å². The highest BCUT2D eigenvalue weighted by Gasteiger charge is 2.27. The van der Waals surface area contributed by atoms with Gasteiger partial charge in [-0.15, -0.1) is 10.2 Å². The SMILES string of the molecule is Cc1cc(-c2[nH]c3ccc(C4CCN(C5CCOCC5)CC4)cc3c2C(C)C)cn2cnnc12. The quantitative estimate of drug-likeness (QED) is 0.429. The number of nitrogens with one attached hydrogen (secondary N) is 1. The van der Waals surface area contributed by atoms with Gasteiger partial charge in [-0.3, -0.25) is 4.40 Å². The lowest BCUT2D eigenvalue weighted by Gasteiger charge is -2.39. The van der Waals surface area contributed by atoms with Crippen LogP contribution in [-0.2, 0) is 4.74 Å². The third-order valence-corrected chi connectivity index (χ3v) is 8.01.